The second-order valence-electron chi connectivity index (χ2n) is 4.35. The van der Waals surface area contributed by atoms with Gasteiger partial charge < -0.3 is 14.6 Å². The lowest BCUT2D eigenvalue weighted by Gasteiger charge is -2.10. The molecule has 21 heavy (non-hydrogen) atoms. The maximum Gasteiger partial charge on any atom is 0.343 e. The van der Waals surface area contributed by atoms with Crippen LogP contribution in [-0.4, -0.2) is 29.7 Å². The fraction of sp³-hybridized carbons (Fsp3) is 0.188. The fourth-order valence-electron chi connectivity index (χ4n) is 1.60. The molecule has 0 spiro atoms. The monoisotopic (exact) mass is 306 g/mol. The first-order valence-electron chi connectivity index (χ1n) is 6.43. The van der Waals surface area contributed by atoms with Crippen molar-refractivity contribution in [2.75, 3.05) is 12.5 Å². The molecule has 0 aliphatic rings. The van der Waals surface area contributed by atoms with Gasteiger partial charge in [0, 0.05) is 0 Å². The maximum absolute atomic E-state index is 12.0. The lowest BCUT2D eigenvalue weighted by atomic mass is 10.2. The molecule has 0 aliphatic heterocycles. The van der Waals surface area contributed by atoms with Crippen LogP contribution in [0.1, 0.15) is 10.4 Å². The highest BCUT2D eigenvalue weighted by Crippen LogP contribution is 2.16. The minimum Gasteiger partial charge on any atom is -0.491 e. The average molecular weight is 307 g/mol. The van der Waals surface area contributed by atoms with Crippen molar-refractivity contribution in [3.63, 3.8) is 0 Å². The molecule has 4 nitrogen and oxygen atoms in total. The Hall–Kier alpha value is -2.04. The first kappa shape index (κ1) is 15.4. The molecule has 2 aromatic carbocycles. The molecule has 0 aromatic heterocycles. The van der Waals surface area contributed by atoms with Crippen molar-refractivity contribution in [1.82, 2.24) is 0 Å². The predicted molar refractivity (Wildman–Crippen MR) is 80.1 cm³/mol. The first-order chi connectivity index (χ1) is 10.2. The first-order valence-corrected chi connectivity index (χ1v) is 6.96. The molecular formula is C16H15ClO4. The standard InChI is InChI=1S/C16H15ClO4/c17-10-13(18)11-20-15-8-4-5-12(9-15)16(19)21-14-6-2-1-3-7-14/h1-9,13,18H,10-11H2. The number of hydrogen-bond acceptors (Lipinski definition) is 4. The van der Waals surface area contributed by atoms with Crippen LogP contribution in [0.5, 0.6) is 11.5 Å². The van der Waals surface area contributed by atoms with Crippen molar-refractivity contribution >= 4 is 17.6 Å². The Morgan fingerprint density at radius 2 is 1.81 bits per heavy atom. The molecular weight excluding hydrogens is 292 g/mol. The largest absolute Gasteiger partial charge is 0.491 e. The Morgan fingerprint density at radius 1 is 1.10 bits per heavy atom. The number of aliphatic hydroxyl groups excluding tert-OH is 1. The second-order valence-corrected chi connectivity index (χ2v) is 4.66. The van der Waals surface area contributed by atoms with Gasteiger partial charge in [0.15, 0.2) is 0 Å². The van der Waals surface area contributed by atoms with Crippen LogP contribution in [0.15, 0.2) is 54.6 Å². The van der Waals surface area contributed by atoms with Gasteiger partial charge in [-0.1, -0.05) is 24.3 Å². The third-order valence-electron chi connectivity index (χ3n) is 2.64. The molecule has 0 bridgehead atoms. The summed E-state index contributed by atoms with van der Waals surface area (Å²) < 4.78 is 10.6. The van der Waals surface area contributed by atoms with Gasteiger partial charge in [-0.25, -0.2) is 4.79 Å². The van der Waals surface area contributed by atoms with E-state index in [4.69, 9.17) is 21.1 Å². The van der Waals surface area contributed by atoms with Crippen molar-refractivity contribution in [3.05, 3.63) is 60.2 Å². The summed E-state index contributed by atoms with van der Waals surface area (Å²) >= 11 is 5.49. The molecule has 0 fully saturated rings. The molecule has 0 aliphatic carbocycles. The van der Waals surface area contributed by atoms with Gasteiger partial charge in [0.25, 0.3) is 0 Å². The Morgan fingerprint density at radius 3 is 2.52 bits per heavy atom. The van der Waals surface area contributed by atoms with Gasteiger partial charge in [-0.15, -0.1) is 11.6 Å². The number of ether oxygens (including phenoxy) is 2. The predicted octanol–water partition coefficient (Wildman–Crippen LogP) is 2.88. The Bertz CT molecular complexity index is 586. The number of esters is 1. The third-order valence-corrected chi connectivity index (χ3v) is 3.00. The summed E-state index contributed by atoms with van der Waals surface area (Å²) in [5, 5.41) is 9.34. The summed E-state index contributed by atoms with van der Waals surface area (Å²) in [5.74, 6) is 0.577. The third kappa shape index (κ3) is 4.77. The molecule has 110 valence electrons. The summed E-state index contributed by atoms with van der Waals surface area (Å²) in [5.41, 5.74) is 0.372. The SMILES string of the molecule is O=C(Oc1ccccc1)c1cccc(OCC(O)CCl)c1. The zero-order valence-corrected chi connectivity index (χ0v) is 12.0. The summed E-state index contributed by atoms with van der Waals surface area (Å²) in [7, 11) is 0. The van der Waals surface area contributed by atoms with Crippen LogP contribution >= 0.6 is 11.6 Å². The molecule has 2 rings (SSSR count). The number of carbonyl (C=O) groups is 1. The van der Waals surface area contributed by atoms with Gasteiger partial charge >= 0.3 is 5.97 Å². The minimum absolute atomic E-state index is 0.0701. The Balaban J connectivity index is 2.01. The number of benzene rings is 2. The topological polar surface area (TPSA) is 55.8 Å². The van der Waals surface area contributed by atoms with Crippen LogP contribution in [0.3, 0.4) is 0 Å². The number of hydrogen-bond donors (Lipinski definition) is 1. The number of aliphatic hydroxyl groups is 1. The van der Waals surface area contributed by atoms with Gasteiger partial charge in [0.2, 0.25) is 0 Å². The molecule has 5 heteroatoms. The van der Waals surface area contributed by atoms with E-state index in [0.29, 0.717) is 17.1 Å². The molecule has 0 radical (unpaired) electrons. The molecule has 0 saturated heterocycles. The summed E-state index contributed by atoms with van der Waals surface area (Å²) in [6.45, 7) is 0.0701. The lowest BCUT2D eigenvalue weighted by molar-refractivity contribution is 0.0734. The highest BCUT2D eigenvalue weighted by atomic mass is 35.5. The van der Waals surface area contributed by atoms with E-state index in [1.165, 1.54) is 0 Å². The van der Waals surface area contributed by atoms with Gasteiger partial charge in [0.05, 0.1) is 11.4 Å². The van der Waals surface area contributed by atoms with Crippen LogP contribution in [0.4, 0.5) is 0 Å². The van der Waals surface area contributed by atoms with Crippen LogP contribution in [-0.2, 0) is 0 Å². The van der Waals surface area contributed by atoms with E-state index in [1.807, 2.05) is 6.07 Å². The maximum atomic E-state index is 12.0. The lowest BCUT2D eigenvalue weighted by Crippen LogP contribution is -2.19. The van der Waals surface area contributed by atoms with Crippen molar-refractivity contribution in [2.45, 2.75) is 6.10 Å². The molecule has 1 atom stereocenters. The number of halogens is 1. The van der Waals surface area contributed by atoms with Crippen molar-refractivity contribution in [2.24, 2.45) is 0 Å². The summed E-state index contributed by atoms with van der Waals surface area (Å²) in [6.07, 6.45) is -0.744. The number of carbonyl (C=O) groups excluding carboxylic acids is 1. The molecule has 0 saturated carbocycles. The van der Waals surface area contributed by atoms with E-state index in [9.17, 15) is 9.90 Å². The van der Waals surface area contributed by atoms with E-state index in [1.54, 1.807) is 48.5 Å². The normalized spacial score (nSPS) is 11.7. The summed E-state index contributed by atoms with van der Waals surface area (Å²) in [6, 6.07) is 15.4. The smallest absolute Gasteiger partial charge is 0.343 e. The Labute approximate surface area is 127 Å². The van der Waals surface area contributed by atoms with Crippen LogP contribution < -0.4 is 9.47 Å². The molecule has 1 unspecified atom stereocenters. The molecule has 2 aromatic rings. The average Bonchev–Trinajstić information content (AvgIpc) is 2.53. The van der Waals surface area contributed by atoms with Crippen LogP contribution in [0.2, 0.25) is 0 Å². The van der Waals surface area contributed by atoms with Gasteiger partial charge in [-0.05, 0) is 30.3 Å². The number of rotatable bonds is 6. The molecule has 0 heterocycles. The van der Waals surface area contributed by atoms with Crippen molar-refractivity contribution in [1.29, 1.82) is 0 Å². The summed E-state index contributed by atoms with van der Waals surface area (Å²) in [4.78, 5) is 12.0. The number of para-hydroxylation sites is 1. The van der Waals surface area contributed by atoms with E-state index < -0.39 is 12.1 Å². The van der Waals surface area contributed by atoms with E-state index in [2.05, 4.69) is 0 Å². The number of alkyl halides is 1. The molecule has 1 N–H and O–H groups in total. The highest BCUT2D eigenvalue weighted by molar-refractivity contribution is 6.18. The quantitative estimate of drug-likeness (QED) is 0.506. The van der Waals surface area contributed by atoms with Crippen LogP contribution in [0, 0.1) is 0 Å². The highest BCUT2D eigenvalue weighted by Gasteiger charge is 2.10. The van der Waals surface area contributed by atoms with Gasteiger partial charge in [-0.3, -0.25) is 0 Å². The zero-order valence-electron chi connectivity index (χ0n) is 11.2. The van der Waals surface area contributed by atoms with Gasteiger partial charge in [0.1, 0.15) is 24.2 Å². The fourth-order valence-corrected chi connectivity index (χ4v) is 1.69. The van der Waals surface area contributed by atoms with E-state index in [0.717, 1.165) is 0 Å². The second kappa shape index (κ2) is 7.67. The van der Waals surface area contributed by atoms with Gasteiger partial charge in [-0.2, -0.15) is 0 Å². The minimum atomic E-state index is -0.744. The van der Waals surface area contributed by atoms with Crippen molar-refractivity contribution in [3.8, 4) is 11.5 Å². The molecule has 0 amide bonds. The van der Waals surface area contributed by atoms with E-state index in [-0.39, 0.29) is 12.5 Å². The van der Waals surface area contributed by atoms with Crippen molar-refractivity contribution < 1.29 is 19.4 Å². The van der Waals surface area contributed by atoms with Crippen LogP contribution in [0.25, 0.3) is 0 Å². The Kier molecular flexibility index (Phi) is 5.60. The zero-order chi connectivity index (χ0) is 15.1. The van der Waals surface area contributed by atoms with E-state index >= 15 is 0 Å².